The van der Waals surface area contributed by atoms with E-state index in [2.05, 4.69) is 20.0 Å². The number of ketones is 1. The summed E-state index contributed by atoms with van der Waals surface area (Å²) in [5, 5.41) is 14.0. The number of carbonyl (C=O) groups is 1. The normalized spacial score (nSPS) is 23.2. The highest BCUT2D eigenvalue weighted by atomic mass is 35.5. The van der Waals surface area contributed by atoms with Crippen molar-refractivity contribution in [1.82, 2.24) is 14.7 Å². The highest BCUT2D eigenvalue weighted by Crippen LogP contribution is 2.43. The van der Waals surface area contributed by atoms with E-state index in [9.17, 15) is 18.3 Å². The maximum absolute atomic E-state index is 13.5. The van der Waals surface area contributed by atoms with Gasteiger partial charge in [-0.3, -0.25) is 8.98 Å². The molecule has 3 N–H and O–H groups in total. The Hall–Kier alpha value is -2.16. The molecule has 10 nitrogen and oxygen atoms in total. The number of carbonyl (C=O) groups excluding carboxylic acids is 1. The number of anilines is 1. The zero-order valence-corrected chi connectivity index (χ0v) is 22.5. The standard InChI is InChI=1S/C23H22Cl2N4O6S2/c1-26-37(32,33)35-18-6-13(5-17(18)30)29-23-16(8-27-10-28-23)20(31)19-7-15(22(25)36-19)21-14-4-12(24)3-2-11(14)9-34-21/h2-4,7-8,10,13,17-18,21,26,30H,5-6,9H2,1H3,(H,27,28,29)/t13-,17+,18-,21+/m1/s1. The molecule has 3 heterocycles. The lowest BCUT2D eigenvalue weighted by Crippen LogP contribution is -2.31. The van der Waals surface area contributed by atoms with Crippen molar-refractivity contribution in [3.05, 3.63) is 73.3 Å². The van der Waals surface area contributed by atoms with Crippen molar-refractivity contribution >= 4 is 56.4 Å². The van der Waals surface area contributed by atoms with Crippen LogP contribution in [0.2, 0.25) is 9.36 Å². The number of aliphatic hydroxyl groups excluding tert-OH is 1. The summed E-state index contributed by atoms with van der Waals surface area (Å²) in [4.78, 5) is 22.1. The number of aromatic nitrogens is 2. The van der Waals surface area contributed by atoms with E-state index < -0.39 is 28.6 Å². The molecule has 1 aliphatic heterocycles. The molecule has 2 aliphatic rings. The Balaban J connectivity index is 1.36. The van der Waals surface area contributed by atoms with Crippen molar-refractivity contribution in [3.8, 4) is 0 Å². The molecule has 4 atom stereocenters. The molecule has 0 bridgehead atoms. The molecule has 196 valence electrons. The summed E-state index contributed by atoms with van der Waals surface area (Å²) in [5.74, 6) is -0.0793. The fourth-order valence-corrected chi connectivity index (χ4v) is 6.56. The number of hydrogen-bond acceptors (Lipinski definition) is 10. The minimum atomic E-state index is -3.97. The zero-order chi connectivity index (χ0) is 26.3. The number of aliphatic hydroxyl groups is 1. The summed E-state index contributed by atoms with van der Waals surface area (Å²) in [7, 11) is -2.74. The lowest BCUT2D eigenvalue weighted by atomic mass is 10.0. The van der Waals surface area contributed by atoms with E-state index in [4.69, 9.17) is 32.1 Å². The van der Waals surface area contributed by atoms with Gasteiger partial charge in [0.1, 0.15) is 24.4 Å². The monoisotopic (exact) mass is 584 g/mol. The summed E-state index contributed by atoms with van der Waals surface area (Å²) in [6, 6.07) is 6.87. The third kappa shape index (κ3) is 5.52. The molecule has 1 fully saturated rings. The van der Waals surface area contributed by atoms with Gasteiger partial charge in [-0.25, -0.2) is 9.97 Å². The van der Waals surface area contributed by atoms with Crippen molar-refractivity contribution in [1.29, 1.82) is 0 Å². The van der Waals surface area contributed by atoms with Gasteiger partial charge in [-0.1, -0.05) is 29.3 Å². The van der Waals surface area contributed by atoms with Gasteiger partial charge in [0, 0.05) is 29.9 Å². The minimum absolute atomic E-state index is 0.190. The Morgan fingerprint density at radius 3 is 2.84 bits per heavy atom. The molecular weight excluding hydrogens is 563 g/mol. The Labute approximate surface area is 227 Å². The quantitative estimate of drug-likeness (QED) is 0.339. The van der Waals surface area contributed by atoms with E-state index in [1.54, 1.807) is 12.1 Å². The van der Waals surface area contributed by atoms with Gasteiger partial charge < -0.3 is 15.2 Å². The SMILES string of the molecule is CNS(=O)(=O)O[C@@H]1C[C@H](Nc2ncncc2C(=O)c2cc([C@H]3OCc4ccc(Cl)cc43)c(Cl)s2)C[C@@H]1O. The van der Waals surface area contributed by atoms with E-state index in [0.29, 0.717) is 26.4 Å². The Morgan fingerprint density at radius 1 is 1.24 bits per heavy atom. The van der Waals surface area contributed by atoms with E-state index in [1.165, 1.54) is 19.6 Å². The molecule has 37 heavy (non-hydrogen) atoms. The molecule has 3 aromatic rings. The zero-order valence-electron chi connectivity index (χ0n) is 19.4. The Morgan fingerprint density at radius 2 is 2.05 bits per heavy atom. The number of halogens is 2. The van der Waals surface area contributed by atoms with Gasteiger partial charge in [0.25, 0.3) is 0 Å². The lowest BCUT2D eigenvalue weighted by molar-refractivity contribution is 0.0636. The molecule has 0 radical (unpaired) electrons. The van der Waals surface area contributed by atoms with Crippen molar-refractivity contribution < 1.29 is 27.2 Å². The molecule has 1 aromatic carbocycles. The molecule has 0 saturated heterocycles. The van der Waals surface area contributed by atoms with Gasteiger partial charge in [-0.05, 0) is 42.2 Å². The molecule has 0 spiro atoms. The second-order valence-electron chi connectivity index (χ2n) is 8.66. The van der Waals surface area contributed by atoms with Crippen molar-refractivity contribution in [2.75, 3.05) is 12.4 Å². The van der Waals surface area contributed by atoms with Crippen LogP contribution >= 0.6 is 34.5 Å². The second-order valence-corrected chi connectivity index (χ2v) is 12.3. The summed E-state index contributed by atoms with van der Waals surface area (Å²) in [6.07, 6.45) is 0.711. The topological polar surface area (TPSA) is 140 Å². The first-order valence-electron chi connectivity index (χ1n) is 11.3. The van der Waals surface area contributed by atoms with Crippen LogP contribution in [0, 0.1) is 0 Å². The largest absolute Gasteiger partial charge is 0.390 e. The summed E-state index contributed by atoms with van der Waals surface area (Å²) >= 11 is 13.9. The molecule has 1 aliphatic carbocycles. The van der Waals surface area contributed by atoms with Gasteiger partial charge in [-0.2, -0.15) is 13.1 Å². The van der Waals surface area contributed by atoms with Crippen molar-refractivity contribution in [2.24, 2.45) is 0 Å². The van der Waals surface area contributed by atoms with E-state index >= 15 is 0 Å². The van der Waals surface area contributed by atoms with Crippen LogP contribution in [-0.2, 0) is 25.8 Å². The van der Waals surface area contributed by atoms with Crippen LogP contribution in [-0.4, -0.2) is 54.6 Å². The Kier molecular flexibility index (Phi) is 7.53. The summed E-state index contributed by atoms with van der Waals surface area (Å²) in [5.41, 5.74) is 2.81. The maximum Gasteiger partial charge on any atom is 0.335 e. The number of hydrogen-bond donors (Lipinski definition) is 3. The van der Waals surface area contributed by atoms with Gasteiger partial charge in [-0.15, -0.1) is 11.3 Å². The first-order chi connectivity index (χ1) is 17.6. The summed E-state index contributed by atoms with van der Waals surface area (Å²) < 4.78 is 36.9. The smallest absolute Gasteiger partial charge is 0.335 e. The van der Waals surface area contributed by atoms with Crippen LogP contribution in [0.3, 0.4) is 0 Å². The highest BCUT2D eigenvalue weighted by molar-refractivity contribution is 7.84. The third-order valence-electron chi connectivity index (χ3n) is 6.29. The molecule has 0 unspecified atom stereocenters. The van der Waals surface area contributed by atoms with E-state index in [-0.39, 0.29) is 36.0 Å². The van der Waals surface area contributed by atoms with E-state index in [0.717, 1.165) is 22.5 Å². The fraction of sp³-hybridized carbons (Fsp3) is 0.348. The highest BCUT2D eigenvalue weighted by Gasteiger charge is 2.37. The second kappa shape index (κ2) is 10.5. The fourth-order valence-electron chi connectivity index (χ4n) is 4.48. The molecule has 5 rings (SSSR count). The number of ether oxygens (including phenoxy) is 1. The van der Waals surface area contributed by atoms with Gasteiger partial charge in [0.05, 0.1) is 27.5 Å². The van der Waals surface area contributed by atoms with Crippen molar-refractivity contribution in [2.45, 2.75) is 43.8 Å². The van der Waals surface area contributed by atoms with Crippen LogP contribution in [0.25, 0.3) is 0 Å². The van der Waals surface area contributed by atoms with Crippen LogP contribution in [0.4, 0.5) is 5.82 Å². The molecular formula is C23H22Cl2N4O6S2. The lowest BCUT2D eigenvalue weighted by Gasteiger charge is -2.15. The van der Waals surface area contributed by atoms with Crippen LogP contribution < -0.4 is 10.0 Å². The first kappa shape index (κ1) is 26.4. The third-order valence-corrected chi connectivity index (χ3v) is 8.91. The summed E-state index contributed by atoms with van der Waals surface area (Å²) in [6.45, 7) is 0.417. The predicted octanol–water partition coefficient (Wildman–Crippen LogP) is 3.48. The Bertz CT molecular complexity index is 1450. The van der Waals surface area contributed by atoms with Gasteiger partial charge in [0.15, 0.2) is 0 Å². The number of fused-ring (bicyclic) bond motifs is 1. The van der Waals surface area contributed by atoms with Crippen molar-refractivity contribution in [3.63, 3.8) is 0 Å². The average Bonchev–Trinajstić information content (AvgIpc) is 3.55. The number of nitrogens with one attached hydrogen (secondary N) is 2. The van der Waals surface area contributed by atoms with E-state index in [1.807, 2.05) is 12.1 Å². The molecule has 14 heteroatoms. The number of thiophene rings is 1. The van der Waals surface area contributed by atoms with Crippen LogP contribution in [0.1, 0.15) is 50.9 Å². The molecule has 0 amide bonds. The maximum atomic E-state index is 13.5. The number of benzene rings is 1. The van der Waals surface area contributed by atoms with Gasteiger partial charge in [0.2, 0.25) is 5.78 Å². The van der Waals surface area contributed by atoms with Crippen LogP contribution in [0.15, 0.2) is 36.8 Å². The van der Waals surface area contributed by atoms with Crippen LogP contribution in [0.5, 0.6) is 0 Å². The molecule has 2 aromatic heterocycles. The number of rotatable bonds is 8. The number of nitrogens with zero attached hydrogens (tertiary/aromatic N) is 2. The molecule has 1 saturated carbocycles. The van der Waals surface area contributed by atoms with Gasteiger partial charge >= 0.3 is 10.3 Å². The average molecular weight is 585 g/mol. The first-order valence-corrected chi connectivity index (χ1v) is 14.2. The predicted molar refractivity (Wildman–Crippen MR) is 138 cm³/mol. The minimum Gasteiger partial charge on any atom is -0.390 e.